The predicted molar refractivity (Wildman–Crippen MR) is 50.3 cm³/mol. The zero-order valence-corrected chi connectivity index (χ0v) is 7.76. The van der Waals surface area contributed by atoms with Crippen LogP contribution in [0.5, 0.6) is 5.75 Å². The summed E-state index contributed by atoms with van der Waals surface area (Å²) in [6, 6.07) is 5.83. The van der Waals surface area contributed by atoms with Gasteiger partial charge in [-0.1, -0.05) is 17.7 Å². The second-order valence-corrected chi connectivity index (χ2v) is 3.07. The van der Waals surface area contributed by atoms with Crippen LogP contribution in [-0.4, -0.2) is 12.2 Å². The van der Waals surface area contributed by atoms with Crippen LogP contribution in [0.2, 0.25) is 0 Å². The van der Waals surface area contributed by atoms with Crippen LogP contribution in [0.3, 0.4) is 0 Å². The number of aromatic hydroxyl groups is 1. The smallest absolute Gasteiger partial charge is 0.120 e. The van der Waals surface area contributed by atoms with Gasteiger partial charge in [-0.15, -0.1) is 0 Å². The zero-order chi connectivity index (χ0) is 9.14. The molecule has 1 aromatic rings. The maximum absolute atomic E-state index is 9.50. The molecule has 2 heteroatoms. The summed E-state index contributed by atoms with van der Waals surface area (Å²) < 4.78 is 0. The van der Waals surface area contributed by atoms with E-state index in [0.29, 0.717) is 5.75 Å². The third-order valence-corrected chi connectivity index (χ3v) is 2.08. The number of phenols is 1. The summed E-state index contributed by atoms with van der Waals surface area (Å²) in [6.07, 6.45) is 0. The van der Waals surface area contributed by atoms with Gasteiger partial charge in [0.2, 0.25) is 0 Å². The highest BCUT2D eigenvalue weighted by Gasteiger charge is 2.07. The largest absolute Gasteiger partial charge is 0.508 e. The van der Waals surface area contributed by atoms with Gasteiger partial charge in [-0.05, 0) is 27.0 Å². The van der Waals surface area contributed by atoms with Gasteiger partial charge in [-0.3, -0.25) is 0 Å². The summed E-state index contributed by atoms with van der Waals surface area (Å²) in [5.74, 6) is 0.363. The molecule has 0 saturated heterocycles. The molecule has 0 bridgehead atoms. The van der Waals surface area contributed by atoms with Crippen molar-refractivity contribution < 1.29 is 5.11 Å². The molecule has 1 atom stereocenters. The standard InChI is InChI=1S/C10H15NO/c1-7-4-5-10(12)9(6-7)8(2)11-3/h4-6,8,11-12H,1-3H3/t8-/m1/s1. The van der Waals surface area contributed by atoms with Crippen LogP contribution in [0.15, 0.2) is 18.2 Å². The van der Waals surface area contributed by atoms with E-state index in [1.807, 2.05) is 33.0 Å². The van der Waals surface area contributed by atoms with Crippen LogP contribution in [0.25, 0.3) is 0 Å². The summed E-state index contributed by atoms with van der Waals surface area (Å²) in [4.78, 5) is 0. The fraction of sp³-hybridized carbons (Fsp3) is 0.400. The van der Waals surface area contributed by atoms with E-state index in [9.17, 15) is 5.11 Å². The molecular formula is C10H15NO. The van der Waals surface area contributed by atoms with E-state index in [1.165, 1.54) is 5.56 Å². The summed E-state index contributed by atoms with van der Waals surface area (Å²) >= 11 is 0. The minimum Gasteiger partial charge on any atom is -0.508 e. The summed E-state index contributed by atoms with van der Waals surface area (Å²) in [5, 5.41) is 12.6. The highest BCUT2D eigenvalue weighted by molar-refractivity contribution is 5.37. The van der Waals surface area contributed by atoms with Gasteiger partial charge < -0.3 is 10.4 Å². The Balaban J connectivity index is 3.04. The molecular weight excluding hydrogens is 150 g/mol. The Hall–Kier alpha value is -1.02. The van der Waals surface area contributed by atoms with Gasteiger partial charge in [-0.2, -0.15) is 0 Å². The number of phenolic OH excluding ortho intramolecular Hbond substituents is 1. The highest BCUT2D eigenvalue weighted by atomic mass is 16.3. The van der Waals surface area contributed by atoms with E-state index in [0.717, 1.165) is 5.56 Å². The molecule has 12 heavy (non-hydrogen) atoms. The highest BCUT2D eigenvalue weighted by Crippen LogP contribution is 2.24. The van der Waals surface area contributed by atoms with Crippen LogP contribution in [-0.2, 0) is 0 Å². The lowest BCUT2D eigenvalue weighted by molar-refractivity contribution is 0.457. The Morgan fingerprint density at radius 2 is 2.08 bits per heavy atom. The van der Waals surface area contributed by atoms with Gasteiger partial charge in [0, 0.05) is 11.6 Å². The minimum atomic E-state index is 0.199. The first-order chi connectivity index (χ1) is 5.65. The van der Waals surface area contributed by atoms with Crippen molar-refractivity contribution in [3.63, 3.8) is 0 Å². The lowest BCUT2D eigenvalue weighted by atomic mass is 10.0. The Labute approximate surface area is 73.2 Å². The van der Waals surface area contributed by atoms with Gasteiger partial charge in [0.1, 0.15) is 5.75 Å². The molecule has 0 amide bonds. The average molecular weight is 165 g/mol. The maximum Gasteiger partial charge on any atom is 0.120 e. The zero-order valence-electron chi connectivity index (χ0n) is 7.76. The van der Waals surface area contributed by atoms with Crippen molar-refractivity contribution in [2.75, 3.05) is 7.05 Å². The van der Waals surface area contributed by atoms with Crippen molar-refractivity contribution in [2.24, 2.45) is 0 Å². The first-order valence-electron chi connectivity index (χ1n) is 4.12. The molecule has 0 aromatic heterocycles. The van der Waals surface area contributed by atoms with Crippen LogP contribution >= 0.6 is 0 Å². The topological polar surface area (TPSA) is 32.3 Å². The predicted octanol–water partition coefficient (Wildman–Crippen LogP) is 1.98. The van der Waals surface area contributed by atoms with E-state index < -0.39 is 0 Å². The molecule has 0 radical (unpaired) electrons. The van der Waals surface area contributed by atoms with E-state index in [-0.39, 0.29) is 6.04 Å². The maximum atomic E-state index is 9.50. The molecule has 0 heterocycles. The molecule has 66 valence electrons. The SMILES string of the molecule is CN[C@H](C)c1cc(C)ccc1O. The number of nitrogens with one attached hydrogen (secondary N) is 1. The Morgan fingerprint density at radius 1 is 1.42 bits per heavy atom. The van der Waals surface area contributed by atoms with Gasteiger partial charge in [0.05, 0.1) is 0 Å². The molecule has 1 rings (SSSR count). The lowest BCUT2D eigenvalue weighted by Crippen LogP contribution is -2.12. The van der Waals surface area contributed by atoms with E-state index >= 15 is 0 Å². The number of benzene rings is 1. The van der Waals surface area contributed by atoms with Crippen molar-refractivity contribution in [3.05, 3.63) is 29.3 Å². The molecule has 2 N–H and O–H groups in total. The summed E-state index contributed by atoms with van der Waals surface area (Å²) in [7, 11) is 1.88. The van der Waals surface area contributed by atoms with Crippen LogP contribution in [0, 0.1) is 6.92 Å². The molecule has 0 aliphatic heterocycles. The molecule has 0 unspecified atom stereocenters. The van der Waals surface area contributed by atoms with Gasteiger partial charge >= 0.3 is 0 Å². The number of hydrogen-bond donors (Lipinski definition) is 2. The second-order valence-electron chi connectivity index (χ2n) is 3.07. The van der Waals surface area contributed by atoms with Crippen molar-refractivity contribution in [1.82, 2.24) is 5.32 Å². The van der Waals surface area contributed by atoms with Gasteiger partial charge in [-0.25, -0.2) is 0 Å². The number of rotatable bonds is 2. The normalized spacial score (nSPS) is 12.9. The van der Waals surface area contributed by atoms with Crippen LogP contribution in [0.1, 0.15) is 24.1 Å². The monoisotopic (exact) mass is 165 g/mol. The van der Waals surface area contributed by atoms with Crippen molar-refractivity contribution in [1.29, 1.82) is 0 Å². The fourth-order valence-electron chi connectivity index (χ4n) is 1.18. The van der Waals surface area contributed by atoms with Gasteiger partial charge in [0.15, 0.2) is 0 Å². The van der Waals surface area contributed by atoms with Gasteiger partial charge in [0.25, 0.3) is 0 Å². The molecule has 2 nitrogen and oxygen atoms in total. The Morgan fingerprint density at radius 3 is 2.67 bits per heavy atom. The van der Waals surface area contributed by atoms with Crippen molar-refractivity contribution in [3.8, 4) is 5.75 Å². The van der Waals surface area contributed by atoms with Crippen LogP contribution < -0.4 is 5.32 Å². The first kappa shape index (κ1) is 9.07. The average Bonchev–Trinajstić information content (AvgIpc) is 2.08. The van der Waals surface area contributed by atoms with Crippen molar-refractivity contribution >= 4 is 0 Å². The molecule has 0 aliphatic carbocycles. The molecule has 0 fully saturated rings. The van der Waals surface area contributed by atoms with E-state index in [4.69, 9.17) is 0 Å². The lowest BCUT2D eigenvalue weighted by Gasteiger charge is -2.12. The second kappa shape index (κ2) is 3.59. The van der Waals surface area contributed by atoms with E-state index in [1.54, 1.807) is 6.07 Å². The molecule has 0 saturated carbocycles. The first-order valence-corrected chi connectivity index (χ1v) is 4.12. The minimum absolute atomic E-state index is 0.199. The fourth-order valence-corrected chi connectivity index (χ4v) is 1.18. The number of hydrogen-bond acceptors (Lipinski definition) is 2. The summed E-state index contributed by atoms with van der Waals surface area (Å²) in [6.45, 7) is 4.04. The van der Waals surface area contributed by atoms with Crippen LogP contribution in [0.4, 0.5) is 0 Å². The quantitative estimate of drug-likeness (QED) is 0.702. The van der Waals surface area contributed by atoms with E-state index in [2.05, 4.69) is 5.32 Å². The Bertz CT molecular complexity index is 271. The van der Waals surface area contributed by atoms with Crippen molar-refractivity contribution in [2.45, 2.75) is 19.9 Å². The Kier molecular flexibility index (Phi) is 2.71. The third-order valence-electron chi connectivity index (χ3n) is 2.08. The molecule has 0 spiro atoms. The molecule has 0 aliphatic rings. The number of aryl methyl sites for hydroxylation is 1. The third kappa shape index (κ3) is 1.77. The summed E-state index contributed by atoms with van der Waals surface area (Å²) in [5.41, 5.74) is 2.13. The molecule has 1 aromatic carbocycles.